The minimum atomic E-state index is -2.14. The Morgan fingerprint density at radius 3 is 2.05 bits per heavy atom. The van der Waals surface area contributed by atoms with E-state index >= 15 is 9.59 Å². The van der Waals surface area contributed by atoms with Crippen molar-refractivity contribution in [3.8, 4) is 0 Å². The van der Waals surface area contributed by atoms with Gasteiger partial charge in [-0.2, -0.15) is 0 Å². The number of allylic oxidation sites excluding steroid dienone is 4. The molecule has 0 amide bonds. The van der Waals surface area contributed by atoms with Crippen LogP contribution in [0.25, 0.3) is 0 Å². The first-order chi connectivity index (χ1) is 19.2. The van der Waals surface area contributed by atoms with Gasteiger partial charge in [-0.25, -0.2) is 0 Å². The van der Waals surface area contributed by atoms with Crippen LogP contribution < -0.4 is 0 Å². The molecule has 41 heavy (non-hydrogen) atoms. The van der Waals surface area contributed by atoms with Crippen LogP contribution in [0.3, 0.4) is 0 Å². The van der Waals surface area contributed by atoms with Crippen LogP contribution in [-0.2, 0) is 14.3 Å². The highest BCUT2D eigenvalue weighted by atomic mass is 16.5. The summed E-state index contributed by atoms with van der Waals surface area (Å²) in [6.45, 7) is 10.8. The molecule has 5 rings (SSSR count). The number of carbonyl (C=O) groups is 4. The van der Waals surface area contributed by atoms with E-state index in [0.717, 1.165) is 5.57 Å². The topological polar surface area (TPSA) is 97.7 Å². The SMILES string of the molecule is CC(C)=CC[C@H]1C[C@@]23C[C@H](C(C)(C)O)OC2=C(C(=O)c2ccccc2)C(=O)[C@](C(=O)c2ccccc2)(C3=O)C1(C)C. The third kappa shape index (κ3) is 4.10. The van der Waals surface area contributed by atoms with Crippen molar-refractivity contribution >= 4 is 23.1 Å². The standard InChI is InChI=1S/C35H38O6/c1-21(2)17-18-24-19-34-20-25(33(5,6)40)41-30(34)26(27(36)22-13-9-7-10-14-22)29(38)35(31(34)39,32(24,3)4)28(37)23-15-11-8-12-16-23/h7-17,24-25,40H,18-20H2,1-6H3/t24-,25+,34+,35+/m0/s1. The lowest BCUT2D eigenvalue weighted by Gasteiger charge is -2.58. The van der Waals surface area contributed by atoms with Gasteiger partial charge in [0, 0.05) is 17.5 Å². The molecule has 1 N–H and O–H groups in total. The highest BCUT2D eigenvalue weighted by Gasteiger charge is 2.78. The number of hydrogen-bond donors (Lipinski definition) is 1. The summed E-state index contributed by atoms with van der Waals surface area (Å²) in [5.74, 6) is -2.75. The summed E-state index contributed by atoms with van der Waals surface area (Å²) in [4.78, 5) is 59.0. The van der Waals surface area contributed by atoms with E-state index in [2.05, 4.69) is 6.08 Å². The molecule has 1 spiro atoms. The molecule has 6 nitrogen and oxygen atoms in total. The smallest absolute Gasteiger partial charge is 0.200 e. The summed E-state index contributed by atoms with van der Waals surface area (Å²) in [6.07, 6.45) is 2.15. The summed E-state index contributed by atoms with van der Waals surface area (Å²) < 4.78 is 6.32. The molecule has 1 heterocycles. The van der Waals surface area contributed by atoms with E-state index in [4.69, 9.17) is 4.74 Å². The van der Waals surface area contributed by atoms with E-state index in [1.807, 2.05) is 27.7 Å². The second-order valence-electron chi connectivity index (χ2n) is 13.2. The zero-order valence-electron chi connectivity index (χ0n) is 24.6. The fourth-order valence-electron chi connectivity index (χ4n) is 7.18. The van der Waals surface area contributed by atoms with Crippen LogP contribution in [0.15, 0.2) is 83.6 Å². The second kappa shape index (κ2) is 9.73. The molecule has 2 aromatic rings. The van der Waals surface area contributed by atoms with Gasteiger partial charge in [0.15, 0.2) is 28.5 Å². The van der Waals surface area contributed by atoms with Gasteiger partial charge in [0.1, 0.15) is 17.4 Å². The third-order valence-corrected chi connectivity index (χ3v) is 9.62. The minimum absolute atomic E-state index is 0.0164. The number of fused-ring (bicyclic) bond motifs is 1. The van der Waals surface area contributed by atoms with Crippen LogP contribution >= 0.6 is 0 Å². The first-order valence-corrected chi connectivity index (χ1v) is 14.3. The van der Waals surface area contributed by atoms with Gasteiger partial charge >= 0.3 is 0 Å². The molecule has 2 bridgehead atoms. The summed E-state index contributed by atoms with van der Waals surface area (Å²) in [6, 6.07) is 16.8. The quantitative estimate of drug-likeness (QED) is 0.192. The summed E-state index contributed by atoms with van der Waals surface area (Å²) >= 11 is 0. The number of benzene rings is 2. The molecule has 0 aromatic heterocycles. The summed E-state index contributed by atoms with van der Waals surface area (Å²) in [7, 11) is 0. The number of carbonyl (C=O) groups excluding carboxylic acids is 4. The maximum absolute atomic E-state index is 15.1. The van der Waals surface area contributed by atoms with Crippen molar-refractivity contribution < 1.29 is 29.0 Å². The number of ketones is 4. The van der Waals surface area contributed by atoms with Crippen LogP contribution in [0, 0.1) is 22.2 Å². The van der Waals surface area contributed by atoms with Crippen LogP contribution in [0.4, 0.5) is 0 Å². The molecule has 214 valence electrons. The Kier molecular flexibility index (Phi) is 6.85. The van der Waals surface area contributed by atoms with Crippen molar-refractivity contribution in [1.29, 1.82) is 0 Å². The highest BCUT2D eigenvalue weighted by Crippen LogP contribution is 2.68. The van der Waals surface area contributed by atoms with Gasteiger partial charge in [-0.05, 0) is 51.9 Å². The minimum Gasteiger partial charge on any atom is -0.490 e. The molecule has 1 aliphatic heterocycles. The Morgan fingerprint density at radius 1 is 0.951 bits per heavy atom. The van der Waals surface area contributed by atoms with Gasteiger partial charge in [-0.3, -0.25) is 19.2 Å². The highest BCUT2D eigenvalue weighted by molar-refractivity contribution is 6.43. The molecular weight excluding hydrogens is 516 g/mol. The Balaban J connectivity index is 1.86. The van der Waals surface area contributed by atoms with Gasteiger partial charge in [0.25, 0.3) is 0 Å². The Labute approximate surface area is 241 Å². The van der Waals surface area contributed by atoms with Crippen molar-refractivity contribution in [2.75, 3.05) is 0 Å². The lowest BCUT2D eigenvalue weighted by Crippen LogP contribution is -2.69. The molecule has 2 aliphatic carbocycles. The van der Waals surface area contributed by atoms with E-state index in [0.29, 0.717) is 12.8 Å². The van der Waals surface area contributed by atoms with Crippen LogP contribution in [-0.4, -0.2) is 39.9 Å². The first kappa shape index (κ1) is 28.9. The summed E-state index contributed by atoms with van der Waals surface area (Å²) in [5, 5.41) is 11.0. The molecular formula is C35H38O6. The first-order valence-electron chi connectivity index (χ1n) is 14.3. The molecule has 1 saturated heterocycles. The number of hydrogen-bond acceptors (Lipinski definition) is 6. The maximum Gasteiger partial charge on any atom is 0.200 e. The largest absolute Gasteiger partial charge is 0.490 e. The molecule has 1 saturated carbocycles. The van der Waals surface area contributed by atoms with Crippen molar-refractivity contribution in [2.45, 2.75) is 72.5 Å². The van der Waals surface area contributed by atoms with Crippen molar-refractivity contribution in [2.24, 2.45) is 22.2 Å². The van der Waals surface area contributed by atoms with E-state index in [9.17, 15) is 14.7 Å². The average molecular weight is 555 g/mol. The van der Waals surface area contributed by atoms with Gasteiger partial charge in [-0.15, -0.1) is 0 Å². The summed E-state index contributed by atoms with van der Waals surface area (Å²) in [5.41, 5.74) is -4.70. The number of rotatable bonds is 7. The van der Waals surface area contributed by atoms with Gasteiger partial charge in [0.2, 0.25) is 0 Å². The zero-order chi connectivity index (χ0) is 30.0. The fraction of sp³-hybridized carbons (Fsp3) is 0.429. The zero-order valence-corrected chi connectivity index (χ0v) is 24.6. The fourth-order valence-corrected chi connectivity index (χ4v) is 7.18. The van der Waals surface area contributed by atoms with Gasteiger partial charge in [-0.1, -0.05) is 86.2 Å². The normalized spacial score (nSPS) is 28.6. The lowest BCUT2D eigenvalue weighted by atomic mass is 9.39. The Morgan fingerprint density at radius 2 is 1.51 bits per heavy atom. The Hall–Kier alpha value is -3.64. The van der Waals surface area contributed by atoms with Crippen molar-refractivity contribution in [3.05, 3.63) is 94.8 Å². The maximum atomic E-state index is 15.1. The molecule has 3 aliphatic rings. The van der Waals surface area contributed by atoms with E-state index in [-0.39, 0.29) is 34.8 Å². The lowest BCUT2D eigenvalue weighted by molar-refractivity contribution is -0.162. The predicted octanol–water partition coefficient (Wildman–Crippen LogP) is 6.09. The second-order valence-corrected chi connectivity index (χ2v) is 13.2. The molecule has 0 unspecified atom stereocenters. The molecule has 2 fully saturated rings. The third-order valence-electron chi connectivity index (χ3n) is 9.62. The number of Topliss-reactive ketones (excluding diaryl/α,β-unsaturated/α-hetero) is 4. The van der Waals surface area contributed by atoms with Gasteiger partial charge < -0.3 is 9.84 Å². The van der Waals surface area contributed by atoms with Gasteiger partial charge in [0.05, 0.1) is 11.0 Å². The van der Waals surface area contributed by atoms with E-state index in [1.54, 1.807) is 74.5 Å². The number of ether oxygens (including phenoxy) is 1. The van der Waals surface area contributed by atoms with Crippen LogP contribution in [0.5, 0.6) is 0 Å². The van der Waals surface area contributed by atoms with Crippen LogP contribution in [0.2, 0.25) is 0 Å². The number of aliphatic hydroxyl groups is 1. The van der Waals surface area contributed by atoms with E-state index in [1.165, 1.54) is 0 Å². The monoisotopic (exact) mass is 554 g/mol. The molecule has 6 heteroatoms. The van der Waals surface area contributed by atoms with E-state index < -0.39 is 51.1 Å². The predicted molar refractivity (Wildman–Crippen MR) is 155 cm³/mol. The molecule has 0 radical (unpaired) electrons. The molecule has 4 atom stereocenters. The van der Waals surface area contributed by atoms with Crippen LogP contribution in [0.1, 0.15) is 81.5 Å². The average Bonchev–Trinajstić information content (AvgIpc) is 3.32. The van der Waals surface area contributed by atoms with Crippen molar-refractivity contribution in [3.63, 3.8) is 0 Å². The Bertz CT molecular complexity index is 1490. The molecule has 2 aromatic carbocycles. The van der Waals surface area contributed by atoms with Crippen molar-refractivity contribution in [1.82, 2.24) is 0 Å².